The molecule has 20 heavy (non-hydrogen) atoms. The minimum Gasteiger partial charge on any atom is -0.454 e. The summed E-state index contributed by atoms with van der Waals surface area (Å²) in [6, 6.07) is 6.94. The largest absolute Gasteiger partial charge is 0.454 e. The van der Waals surface area contributed by atoms with Gasteiger partial charge < -0.3 is 9.84 Å². The Kier molecular flexibility index (Phi) is 4.26. The molecule has 0 bridgehead atoms. The molecule has 2 aromatic rings. The van der Waals surface area contributed by atoms with Crippen LogP contribution in [0.25, 0.3) is 0 Å². The van der Waals surface area contributed by atoms with Crippen molar-refractivity contribution in [2.24, 2.45) is 0 Å². The smallest absolute Gasteiger partial charge is 0.184 e. The number of halogens is 3. The van der Waals surface area contributed by atoms with Crippen molar-refractivity contribution in [3.05, 3.63) is 58.1 Å². The summed E-state index contributed by atoms with van der Waals surface area (Å²) >= 11 is 5.67. The van der Waals surface area contributed by atoms with Crippen LogP contribution in [0.3, 0.4) is 0 Å². The van der Waals surface area contributed by atoms with Crippen molar-refractivity contribution in [2.45, 2.75) is 20.0 Å². The number of benzene rings is 2. The van der Waals surface area contributed by atoms with E-state index in [4.69, 9.17) is 16.3 Å². The van der Waals surface area contributed by atoms with Crippen molar-refractivity contribution in [3.8, 4) is 11.5 Å². The van der Waals surface area contributed by atoms with Crippen LogP contribution in [0.2, 0.25) is 5.02 Å². The van der Waals surface area contributed by atoms with E-state index in [1.807, 2.05) is 0 Å². The van der Waals surface area contributed by atoms with E-state index >= 15 is 0 Å². The second kappa shape index (κ2) is 5.77. The molecule has 2 aromatic carbocycles. The molecule has 0 saturated heterocycles. The lowest BCUT2D eigenvalue weighted by atomic mass is 10.1. The van der Waals surface area contributed by atoms with Gasteiger partial charge in [-0.2, -0.15) is 0 Å². The van der Waals surface area contributed by atoms with E-state index in [0.717, 1.165) is 0 Å². The topological polar surface area (TPSA) is 29.5 Å². The molecule has 0 spiro atoms. The van der Waals surface area contributed by atoms with Gasteiger partial charge in [-0.25, -0.2) is 8.78 Å². The molecule has 0 radical (unpaired) electrons. The highest BCUT2D eigenvalue weighted by atomic mass is 35.5. The van der Waals surface area contributed by atoms with Gasteiger partial charge in [0.25, 0.3) is 0 Å². The zero-order valence-electron chi connectivity index (χ0n) is 11.0. The molecule has 2 rings (SSSR count). The highest BCUT2D eigenvalue weighted by Gasteiger charge is 2.16. The third-order valence-corrected chi connectivity index (χ3v) is 3.17. The van der Waals surface area contributed by atoms with Crippen LogP contribution in [0, 0.1) is 18.6 Å². The lowest BCUT2D eigenvalue weighted by Crippen LogP contribution is -2.00. The fourth-order valence-electron chi connectivity index (χ4n) is 1.77. The molecule has 0 fully saturated rings. The molecule has 0 aliphatic rings. The number of hydrogen-bond donors (Lipinski definition) is 1. The Morgan fingerprint density at radius 2 is 1.90 bits per heavy atom. The molecule has 1 N–H and O–H groups in total. The van der Waals surface area contributed by atoms with Crippen LogP contribution < -0.4 is 4.74 Å². The van der Waals surface area contributed by atoms with Gasteiger partial charge in [0.1, 0.15) is 11.6 Å². The summed E-state index contributed by atoms with van der Waals surface area (Å²) in [7, 11) is 0. The van der Waals surface area contributed by atoms with Crippen molar-refractivity contribution < 1.29 is 18.6 Å². The van der Waals surface area contributed by atoms with E-state index in [1.165, 1.54) is 31.2 Å². The van der Waals surface area contributed by atoms with Crippen molar-refractivity contribution in [1.82, 2.24) is 0 Å². The number of aliphatic hydroxyl groups excluding tert-OH is 1. The molecule has 0 aliphatic carbocycles. The molecule has 0 amide bonds. The first kappa shape index (κ1) is 14.8. The SMILES string of the molecule is Cc1cc(Oc2cccc(Cl)c2F)c(C(C)O)cc1F. The van der Waals surface area contributed by atoms with Crippen LogP contribution in [-0.2, 0) is 0 Å². The van der Waals surface area contributed by atoms with Gasteiger partial charge in [0, 0.05) is 5.56 Å². The van der Waals surface area contributed by atoms with Crippen LogP contribution in [-0.4, -0.2) is 5.11 Å². The van der Waals surface area contributed by atoms with Gasteiger partial charge in [-0.05, 0) is 43.7 Å². The normalized spacial score (nSPS) is 12.3. The minimum absolute atomic E-state index is 0.0695. The van der Waals surface area contributed by atoms with E-state index in [9.17, 15) is 13.9 Å². The quantitative estimate of drug-likeness (QED) is 0.884. The first-order chi connectivity index (χ1) is 9.40. The summed E-state index contributed by atoms with van der Waals surface area (Å²) < 4.78 is 32.8. The number of hydrogen-bond acceptors (Lipinski definition) is 2. The predicted molar refractivity (Wildman–Crippen MR) is 73.3 cm³/mol. The van der Waals surface area contributed by atoms with E-state index in [1.54, 1.807) is 13.0 Å². The zero-order chi connectivity index (χ0) is 14.9. The predicted octanol–water partition coefficient (Wildman–Crippen LogP) is 4.77. The maximum atomic E-state index is 13.8. The summed E-state index contributed by atoms with van der Waals surface area (Å²) in [5, 5.41) is 9.59. The standard InChI is InChI=1S/C15H13ClF2O2/c1-8-6-14(10(9(2)19)7-12(8)17)20-13-5-3-4-11(16)15(13)18/h3-7,9,19H,1-2H3. The summed E-state index contributed by atoms with van der Waals surface area (Å²) in [6.45, 7) is 3.04. The third-order valence-electron chi connectivity index (χ3n) is 2.88. The highest BCUT2D eigenvalue weighted by Crippen LogP contribution is 2.34. The van der Waals surface area contributed by atoms with E-state index < -0.39 is 17.7 Å². The van der Waals surface area contributed by atoms with Crippen LogP contribution in [0.15, 0.2) is 30.3 Å². The summed E-state index contributed by atoms with van der Waals surface area (Å²) in [4.78, 5) is 0. The van der Waals surface area contributed by atoms with Crippen LogP contribution >= 0.6 is 11.6 Å². The molecule has 1 atom stereocenters. The second-order valence-electron chi connectivity index (χ2n) is 4.47. The van der Waals surface area contributed by atoms with Gasteiger partial charge in [-0.1, -0.05) is 17.7 Å². The number of ether oxygens (including phenoxy) is 1. The Morgan fingerprint density at radius 3 is 2.55 bits per heavy atom. The molecule has 106 valence electrons. The third kappa shape index (κ3) is 2.92. The zero-order valence-corrected chi connectivity index (χ0v) is 11.7. The van der Waals surface area contributed by atoms with Gasteiger partial charge >= 0.3 is 0 Å². The Labute approximate surface area is 120 Å². The van der Waals surface area contributed by atoms with E-state index in [0.29, 0.717) is 5.56 Å². The maximum absolute atomic E-state index is 13.8. The summed E-state index contributed by atoms with van der Waals surface area (Å²) in [5.74, 6) is -1.04. The molecular weight excluding hydrogens is 286 g/mol. The van der Waals surface area contributed by atoms with Gasteiger partial charge in [-0.3, -0.25) is 0 Å². The van der Waals surface area contributed by atoms with Gasteiger partial charge in [-0.15, -0.1) is 0 Å². The number of aliphatic hydroxyl groups is 1. The first-order valence-corrected chi connectivity index (χ1v) is 6.38. The first-order valence-electron chi connectivity index (χ1n) is 6.00. The summed E-state index contributed by atoms with van der Waals surface area (Å²) in [5.41, 5.74) is 0.583. The van der Waals surface area contributed by atoms with Crippen molar-refractivity contribution in [2.75, 3.05) is 0 Å². The molecule has 5 heteroatoms. The lowest BCUT2D eigenvalue weighted by molar-refractivity contribution is 0.195. The fraction of sp³-hybridized carbons (Fsp3) is 0.200. The van der Waals surface area contributed by atoms with Gasteiger partial charge in [0.2, 0.25) is 0 Å². The van der Waals surface area contributed by atoms with Crippen LogP contribution in [0.5, 0.6) is 11.5 Å². The van der Waals surface area contributed by atoms with E-state index in [-0.39, 0.29) is 22.1 Å². The van der Waals surface area contributed by atoms with Crippen molar-refractivity contribution >= 4 is 11.6 Å². The molecular formula is C15H13ClF2O2. The lowest BCUT2D eigenvalue weighted by Gasteiger charge is -2.15. The number of rotatable bonds is 3. The van der Waals surface area contributed by atoms with Crippen molar-refractivity contribution in [1.29, 1.82) is 0 Å². The van der Waals surface area contributed by atoms with Gasteiger partial charge in [0.05, 0.1) is 11.1 Å². The second-order valence-corrected chi connectivity index (χ2v) is 4.88. The Hall–Kier alpha value is -1.65. The molecule has 0 saturated carbocycles. The maximum Gasteiger partial charge on any atom is 0.184 e. The van der Waals surface area contributed by atoms with Crippen molar-refractivity contribution in [3.63, 3.8) is 0 Å². The average Bonchev–Trinajstić information content (AvgIpc) is 2.38. The van der Waals surface area contributed by atoms with Crippen LogP contribution in [0.4, 0.5) is 8.78 Å². The molecule has 0 aliphatic heterocycles. The minimum atomic E-state index is -0.942. The Morgan fingerprint density at radius 1 is 1.20 bits per heavy atom. The summed E-state index contributed by atoms with van der Waals surface area (Å²) in [6.07, 6.45) is -0.942. The van der Waals surface area contributed by atoms with E-state index in [2.05, 4.69) is 0 Å². The average molecular weight is 299 g/mol. The monoisotopic (exact) mass is 298 g/mol. The molecule has 1 unspecified atom stereocenters. The highest BCUT2D eigenvalue weighted by molar-refractivity contribution is 6.30. The Balaban J connectivity index is 2.47. The Bertz CT molecular complexity index is 642. The fourth-order valence-corrected chi connectivity index (χ4v) is 1.93. The molecule has 0 aromatic heterocycles. The number of aryl methyl sites for hydroxylation is 1. The van der Waals surface area contributed by atoms with Crippen LogP contribution in [0.1, 0.15) is 24.2 Å². The van der Waals surface area contributed by atoms with Gasteiger partial charge in [0.15, 0.2) is 11.6 Å². The molecule has 2 nitrogen and oxygen atoms in total. The molecule has 0 heterocycles.